The van der Waals surface area contributed by atoms with Crippen molar-refractivity contribution >= 4 is 17.5 Å². The van der Waals surface area contributed by atoms with Crippen molar-refractivity contribution in [1.29, 1.82) is 0 Å². The standard InChI is InChI=1S/C13H14F3N3O4/c1-7(20)17-4-2-3-5-18-13(21)8-6-9(19(22)23)11(15)12(16)10(8)14/h6H,2-5H2,1H3,(H,17,20)(H,18,21). The fourth-order valence-electron chi connectivity index (χ4n) is 1.70. The van der Waals surface area contributed by atoms with Crippen LogP contribution in [0.3, 0.4) is 0 Å². The van der Waals surface area contributed by atoms with Gasteiger partial charge in [0.25, 0.3) is 5.91 Å². The molecule has 0 heterocycles. The van der Waals surface area contributed by atoms with Crippen molar-refractivity contribution in [3.8, 4) is 0 Å². The second kappa shape index (κ2) is 8.11. The quantitative estimate of drug-likeness (QED) is 0.343. The number of halogens is 3. The molecule has 2 N–H and O–H groups in total. The first-order valence-corrected chi connectivity index (χ1v) is 6.60. The maximum absolute atomic E-state index is 13.5. The highest BCUT2D eigenvalue weighted by Crippen LogP contribution is 2.25. The first-order chi connectivity index (χ1) is 10.8. The van der Waals surface area contributed by atoms with Crippen molar-refractivity contribution in [3.63, 3.8) is 0 Å². The summed E-state index contributed by atoms with van der Waals surface area (Å²) in [4.78, 5) is 31.6. The van der Waals surface area contributed by atoms with Crippen molar-refractivity contribution < 1.29 is 27.7 Å². The van der Waals surface area contributed by atoms with Crippen LogP contribution in [-0.4, -0.2) is 29.8 Å². The van der Waals surface area contributed by atoms with Gasteiger partial charge in [0.1, 0.15) is 0 Å². The highest BCUT2D eigenvalue weighted by atomic mass is 19.2. The minimum atomic E-state index is -2.07. The van der Waals surface area contributed by atoms with Crippen LogP contribution < -0.4 is 10.6 Å². The van der Waals surface area contributed by atoms with Gasteiger partial charge in [0.15, 0.2) is 5.82 Å². The van der Waals surface area contributed by atoms with Crippen LogP contribution in [0.2, 0.25) is 0 Å². The van der Waals surface area contributed by atoms with Gasteiger partial charge in [-0.1, -0.05) is 0 Å². The molecule has 23 heavy (non-hydrogen) atoms. The molecule has 0 radical (unpaired) electrons. The van der Waals surface area contributed by atoms with Gasteiger partial charge >= 0.3 is 5.69 Å². The molecule has 0 saturated heterocycles. The van der Waals surface area contributed by atoms with Gasteiger partial charge in [-0.3, -0.25) is 19.7 Å². The third-order valence-corrected chi connectivity index (χ3v) is 2.83. The molecule has 0 fully saturated rings. The minimum Gasteiger partial charge on any atom is -0.356 e. The molecule has 126 valence electrons. The Hall–Kier alpha value is -2.65. The summed E-state index contributed by atoms with van der Waals surface area (Å²) in [6.07, 6.45) is 0.958. The highest BCUT2D eigenvalue weighted by molar-refractivity contribution is 5.95. The Morgan fingerprint density at radius 3 is 2.17 bits per heavy atom. The Kier molecular flexibility index (Phi) is 6.49. The van der Waals surface area contributed by atoms with E-state index in [1.807, 2.05) is 0 Å². The maximum atomic E-state index is 13.5. The van der Waals surface area contributed by atoms with Crippen molar-refractivity contribution in [2.24, 2.45) is 0 Å². The second-order valence-electron chi connectivity index (χ2n) is 4.59. The summed E-state index contributed by atoms with van der Waals surface area (Å²) in [7, 11) is 0. The number of nitrogens with one attached hydrogen (secondary N) is 2. The topological polar surface area (TPSA) is 101 Å². The summed E-state index contributed by atoms with van der Waals surface area (Å²) in [5.74, 6) is -7.12. The van der Waals surface area contributed by atoms with Gasteiger partial charge < -0.3 is 10.6 Å². The van der Waals surface area contributed by atoms with Crippen molar-refractivity contribution in [1.82, 2.24) is 10.6 Å². The van der Waals surface area contributed by atoms with Crippen LogP contribution in [-0.2, 0) is 4.79 Å². The molecule has 0 saturated carbocycles. The van der Waals surface area contributed by atoms with E-state index in [0.717, 1.165) is 0 Å². The molecule has 10 heteroatoms. The van der Waals surface area contributed by atoms with Gasteiger partial charge in [-0.15, -0.1) is 0 Å². The monoisotopic (exact) mass is 333 g/mol. The molecule has 1 aromatic rings. The molecule has 0 spiro atoms. The number of nitro benzene ring substituents is 1. The predicted octanol–water partition coefficient (Wildman–Crippen LogP) is 1.66. The van der Waals surface area contributed by atoms with Crippen molar-refractivity contribution in [3.05, 3.63) is 39.2 Å². The van der Waals surface area contributed by atoms with Crippen LogP contribution in [0.1, 0.15) is 30.1 Å². The molecule has 0 aromatic heterocycles. The smallest absolute Gasteiger partial charge is 0.308 e. The second-order valence-corrected chi connectivity index (χ2v) is 4.59. The minimum absolute atomic E-state index is 0.0741. The first kappa shape index (κ1) is 18.4. The van der Waals surface area contributed by atoms with Gasteiger partial charge in [0, 0.05) is 26.1 Å². The van der Waals surface area contributed by atoms with E-state index < -0.39 is 39.5 Å². The van der Waals surface area contributed by atoms with Gasteiger partial charge in [-0.25, -0.2) is 8.78 Å². The zero-order chi connectivity index (χ0) is 17.6. The molecule has 1 rings (SSSR count). The number of hydrogen-bond acceptors (Lipinski definition) is 4. The Morgan fingerprint density at radius 1 is 1.09 bits per heavy atom. The van der Waals surface area contributed by atoms with Gasteiger partial charge in [0.2, 0.25) is 17.5 Å². The van der Waals surface area contributed by atoms with Crippen LogP contribution >= 0.6 is 0 Å². The van der Waals surface area contributed by atoms with E-state index in [4.69, 9.17) is 0 Å². The number of nitro groups is 1. The third-order valence-electron chi connectivity index (χ3n) is 2.83. The number of carbonyl (C=O) groups is 2. The predicted molar refractivity (Wildman–Crippen MR) is 73.2 cm³/mol. The molecule has 2 amide bonds. The van der Waals surface area contributed by atoms with Gasteiger partial charge in [-0.05, 0) is 12.8 Å². The summed E-state index contributed by atoms with van der Waals surface area (Å²) in [5, 5.41) is 15.3. The summed E-state index contributed by atoms with van der Waals surface area (Å²) < 4.78 is 40.0. The largest absolute Gasteiger partial charge is 0.356 e. The van der Waals surface area contributed by atoms with Gasteiger partial charge in [0.05, 0.1) is 10.5 Å². The van der Waals surface area contributed by atoms with Crippen molar-refractivity contribution in [2.75, 3.05) is 13.1 Å². The van der Waals surface area contributed by atoms with E-state index in [9.17, 15) is 32.9 Å². The number of amides is 2. The van der Waals surface area contributed by atoms with E-state index in [1.165, 1.54) is 6.92 Å². The molecule has 7 nitrogen and oxygen atoms in total. The van der Waals surface area contributed by atoms with Crippen LogP contribution in [0.15, 0.2) is 6.07 Å². The number of carbonyl (C=O) groups excluding carboxylic acids is 2. The average Bonchev–Trinajstić information content (AvgIpc) is 2.47. The number of unbranched alkanes of at least 4 members (excludes halogenated alkanes) is 1. The fourth-order valence-corrected chi connectivity index (χ4v) is 1.70. The molecule has 0 unspecified atom stereocenters. The Labute approximate surface area is 129 Å². The van der Waals surface area contributed by atoms with Crippen LogP contribution in [0.25, 0.3) is 0 Å². The third kappa shape index (κ3) is 4.94. The maximum Gasteiger partial charge on any atom is 0.308 e. The normalized spacial score (nSPS) is 10.3. The van der Waals surface area contributed by atoms with E-state index >= 15 is 0 Å². The lowest BCUT2D eigenvalue weighted by molar-refractivity contribution is -0.387. The van der Waals surface area contributed by atoms with Crippen LogP contribution in [0.5, 0.6) is 0 Å². The summed E-state index contributed by atoms with van der Waals surface area (Å²) in [5.41, 5.74) is -2.27. The summed E-state index contributed by atoms with van der Waals surface area (Å²) >= 11 is 0. The Bertz CT molecular complexity index is 637. The van der Waals surface area contributed by atoms with E-state index in [1.54, 1.807) is 0 Å². The molecule has 0 bridgehead atoms. The zero-order valence-electron chi connectivity index (χ0n) is 12.1. The first-order valence-electron chi connectivity index (χ1n) is 6.60. The van der Waals surface area contributed by atoms with Crippen molar-refractivity contribution in [2.45, 2.75) is 19.8 Å². The zero-order valence-corrected chi connectivity index (χ0v) is 12.1. The SMILES string of the molecule is CC(=O)NCCCCNC(=O)c1cc([N+](=O)[O-])c(F)c(F)c1F. The summed E-state index contributed by atoms with van der Waals surface area (Å²) in [6, 6.07) is 0.348. The van der Waals surface area contributed by atoms with E-state index in [0.29, 0.717) is 25.5 Å². The van der Waals surface area contributed by atoms with Gasteiger partial charge in [-0.2, -0.15) is 4.39 Å². The lowest BCUT2D eigenvalue weighted by Gasteiger charge is -2.07. The van der Waals surface area contributed by atoms with Crippen LogP contribution in [0, 0.1) is 27.6 Å². The lowest BCUT2D eigenvalue weighted by Crippen LogP contribution is -2.27. The summed E-state index contributed by atoms with van der Waals surface area (Å²) in [6.45, 7) is 1.81. The molecule has 1 aromatic carbocycles. The average molecular weight is 333 g/mol. The molecular weight excluding hydrogens is 319 g/mol. The molecule has 0 aliphatic carbocycles. The van der Waals surface area contributed by atoms with Crippen LogP contribution in [0.4, 0.5) is 18.9 Å². The molecule has 0 aliphatic rings. The number of hydrogen-bond donors (Lipinski definition) is 2. The lowest BCUT2D eigenvalue weighted by atomic mass is 10.1. The van der Waals surface area contributed by atoms with E-state index in [2.05, 4.69) is 10.6 Å². The highest BCUT2D eigenvalue weighted by Gasteiger charge is 2.28. The fraction of sp³-hybridized carbons (Fsp3) is 0.385. The molecule has 0 aliphatic heterocycles. The molecule has 0 atom stereocenters. The Balaban J connectivity index is 2.69. The number of benzene rings is 1. The molecular formula is C13H14F3N3O4. The Morgan fingerprint density at radius 2 is 1.65 bits per heavy atom. The number of rotatable bonds is 7. The number of nitrogens with zero attached hydrogens (tertiary/aromatic N) is 1. The van der Waals surface area contributed by atoms with E-state index in [-0.39, 0.29) is 12.5 Å².